The van der Waals surface area contributed by atoms with E-state index < -0.39 is 12.0 Å². The molecule has 0 fully saturated rings. The van der Waals surface area contributed by atoms with Crippen molar-refractivity contribution in [3.63, 3.8) is 0 Å². The number of halogens is 1. The number of hydrogen-bond acceptors (Lipinski definition) is 5. The van der Waals surface area contributed by atoms with Gasteiger partial charge < -0.3 is 14.4 Å². The van der Waals surface area contributed by atoms with Gasteiger partial charge in [-0.2, -0.15) is 5.26 Å². The van der Waals surface area contributed by atoms with Gasteiger partial charge in [-0.05, 0) is 66.9 Å². The third-order valence-corrected chi connectivity index (χ3v) is 7.60. The molecule has 0 aliphatic carbocycles. The summed E-state index contributed by atoms with van der Waals surface area (Å²) in [7, 11) is 1.51. The highest BCUT2D eigenvalue weighted by Gasteiger charge is 2.47. The largest absolute Gasteiger partial charge is 0.481 e. The van der Waals surface area contributed by atoms with Crippen molar-refractivity contribution in [3.05, 3.63) is 87.7 Å². The zero-order valence-corrected chi connectivity index (χ0v) is 22.2. The molecule has 9 heteroatoms. The van der Waals surface area contributed by atoms with Crippen molar-refractivity contribution < 1.29 is 19.4 Å². The number of fused-ring (bicyclic) bond motifs is 8. The Kier molecular flexibility index (Phi) is 5.70. The second kappa shape index (κ2) is 9.00. The summed E-state index contributed by atoms with van der Waals surface area (Å²) in [5.41, 5.74) is 6.81. The molecule has 6 rings (SSSR count). The van der Waals surface area contributed by atoms with Gasteiger partial charge in [0.15, 0.2) is 0 Å². The number of aliphatic carboxylic acids is 1. The Morgan fingerprint density at radius 3 is 2.67 bits per heavy atom. The maximum absolute atomic E-state index is 14.1. The minimum Gasteiger partial charge on any atom is -0.481 e. The highest BCUT2D eigenvalue weighted by molar-refractivity contribution is 6.35. The van der Waals surface area contributed by atoms with Crippen LogP contribution in [-0.4, -0.2) is 33.6 Å². The van der Waals surface area contributed by atoms with Gasteiger partial charge >= 0.3 is 5.97 Å². The average molecular weight is 539 g/mol. The number of carboxylic acid groups (broad SMARTS) is 1. The van der Waals surface area contributed by atoms with Crippen LogP contribution in [0.2, 0.25) is 5.02 Å². The molecule has 0 saturated heterocycles. The van der Waals surface area contributed by atoms with Gasteiger partial charge in [0.25, 0.3) is 5.91 Å². The first kappa shape index (κ1) is 24.7. The second-order valence-corrected chi connectivity index (χ2v) is 10.3. The fraction of sp³-hybridized carbons (Fsp3) is 0.200. The zero-order chi connectivity index (χ0) is 27.6. The molecule has 0 radical (unpaired) electrons. The van der Waals surface area contributed by atoms with Gasteiger partial charge in [-0.25, -0.2) is 4.98 Å². The third-order valence-electron chi connectivity index (χ3n) is 7.29. The number of methoxy groups -OCH3 is 1. The molecule has 0 saturated carbocycles. The van der Waals surface area contributed by atoms with Crippen LogP contribution in [0.3, 0.4) is 0 Å². The van der Waals surface area contributed by atoms with E-state index in [1.165, 1.54) is 13.3 Å². The van der Waals surface area contributed by atoms with Gasteiger partial charge in [0.1, 0.15) is 6.04 Å². The Hall–Kier alpha value is -4.61. The average Bonchev–Trinajstić information content (AvgIpc) is 3.43. The standard InChI is InChI=1S/C30H23ClN4O4/c1-15(2)34-24(20-10-17(11-25(36)37)14-33-29(20)39-3)12-21-28(34)27-18-8-7-16(13-32)9-19(18)26-22(31)5-4-6-23(26)35(27)30(21)38/h4-10,12,14-15,27H,11H2,1-3H3,(H,36,37). The lowest BCUT2D eigenvalue weighted by atomic mass is 9.87. The Bertz CT molecular complexity index is 1750. The molecule has 2 aromatic carbocycles. The van der Waals surface area contributed by atoms with Crippen LogP contribution < -0.4 is 9.64 Å². The van der Waals surface area contributed by atoms with Gasteiger partial charge in [0, 0.05) is 17.8 Å². The van der Waals surface area contributed by atoms with E-state index in [-0.39, 0.29) is 18.4 Å². The number of benzene rings is 2. The van der Waals surface area contributed by atoms with Crippen LogP contribution in [0.25, 0.3) is 22.4 Å². The Labute approximate surface area is 229 Å². The quantitative estimate of drug-likeness (QED) is 0.333. The maximum Gasteiger partial charge on any atom is 0.307 e. The van der Waals surface area contributed by atoms with E-state index in [9.17, 15) is 20.0 Å². The van der Waals surface area contributed by atoms with E-state index in [2.05, 4.69) is 15.6 Å². The van der Waals surface area contributed by atoms with Crippen LogP contribution in [0.15, 0.2) is 54.7 Å². The molecule has 2 aliphatic rings. The van der Waals surface area contributed by atoms with E-state index in [0.29, 0.717) is 44.5 Å². The monoisotopic (exact) mass is 538 g/mol. The number of ether oxygens (including phenoxy) is 1. The molecule has 4 aromatic rings. The minimum atomic E-state index is -0.964. The zero-order valence-electron chi connectivity index (χ0n) is 21.4. The van der Waals surface area contributed by atoms with Gasteiger partial charge in [-0.1, -0.05) is 23.7 Å². The molecule has 8 nitrogen and oxygen atoms in total. The van der Waals surface area contributed by atoms with Crippen LogP contribution in [0, 0.1) is 11.3 Å². The molecular weight excluding hydrogens is 516 g/mol. The van der Waals surface area contributed by atoms with E-state index in [1.54, 1.807) is 23.1 Å². The Balaban J connectivity index is 1.64. The van der Waals surface area contributed by atoms with Gasteiger partial charge in [-0.15, -0.1) is 0 Å². The highest BCUT2D eigenvalue weighted by Crippen LogP contribution is 2.55. The smallest absolute Gasteiger partial charge is 0.307 e. The fourth-order valence-electron chi connectivity index (χ4n) is 5.83. The van der Waals surface area contributed by atoms with Crippen molar-refractivity contribution in [3.8, 4) is 34.3 Å². The van der Waals surface area contributed by atoms with Crippen LogP contribution in [0.4, 0.5) is 5.69 Å². The molecule has 2 aliphatic heterocycles. The number of aromatic nitrogens is 2. The number of nitrogens with zero attached hydrogens (tertiary/aromatic N) is 4. The molecule has 1 atom stereocenters. The summed E-state index contributed by atoms with van der Waals surface area (Å²) in [6.45, 7) is 4.07. The molecule has 1 N–H and O–H groups in total. The predicted molar refractivity (Wildman–Crippen MR) is 146 cm³/mol. The van der Waals surface area contributed by atoms with Gasteiger partial charge in [0.05, 0.1) is 58.4 Å². The normalized spacial score (nSPS) is 14.9. The van der Waals surface area contributed by atoms with E-state index >= 15 is 0 Å². The number of carboxylic acids is 1. The number of pyridine rings is 1. The number of amides is 1. The van der Waals surface area contributed by atoms with Crippen molar-refractivity contribution in [1.82, 2.24) is 9.55 Å². The number of carbonyl (C=O) groups is 2. The predicted octanol–water partition coefficient (Wildman–Crippen LogP) is 6.02. The third kappa shape index (κ3) is 3.62. The lowest BCUT2D eigenvalue weighted by Gasteiger charge is -2.36. The second-order valence-electron chi connectivity index (χ2n) is 9.89. The van der Waals surface area contributed by atoms with Crippen molar-refractivity contribution in [2.45, 2.75) is 32.4 Å². The molecule has 1 amide bonds. The van der Waals surface area contributed by atoms with Crippen molar-refractivity contribution in [1.29, 1.82) is 5.26 Å². The van der Waals surface area contributed by atoms with Crippen LogP contribution in [0.5, 0.6) is 5.88 Å². The summed E-state index contributed by atoms with van der Waals surface area (Å²) < 4.78 is 7.65. The first-order chi connectivity index (χ1) is 18.7. The number of rotatable bonds is 5. The van der Waals surface area contributed by atoms with Crippen molar-refractivity contribution in [2.75, 3.05) is 12.0 Å². The maximum atomic E-state index is 14.1. The molecule has 39 heavy (non-hydrogen) atoms. The summed E-state index contributed by atoms with van der Waals surface area (Å²) >= 11 is 6.67. The van der Waals surface area contributed by atoms with E-state index in [0.717, 1.165) is 22.4 Å². The van der Waals surface area contributed by atoms with E-state index in [1.807, 2.05) is 44.2 Å². The molecule has 0 spiro atoms. The number of anilines is 1. The van der Waals surface area contributed by atoms with E-state index in [4.69, 9.17) is 16.3 Å². The SMILES string of the molecule is COc1ncc(CC(=O)O)cc1-c1cc2c(n1C(C)C)C1c3ccc(C#N)cc3-c3c(Cl)cccc3N1C2=O. The lowest BCUT2D eigenvalue weighted by Crippen LogP contribution is -2.33. The summed E-state index contributed by atoms with van der Waals surface area (Å²) in [5.74, 6) is -0.789. The molecule has 194 valence electrons. The Morgan fingerprint density at radius 2 is 1.97 bits per heavy atom. The first-order valence-corrected chi connectivity index (χ1v) is 12.8. The summed E-state index contributed by atoms with van der Waals surface area (Å²) in [6, 6.07) is 16.3. The minimum absolute atomic E-state index is 0.0630. The number of carbonyl (C=O) groups excluding carboxylic acids is 1. The molecular formula is C30H23ClN4O4. The Morgan fingerprint density at radius 1 is 1.18 bits per heavy atom. The molecule has 4 heterocycles. The van der Waals surface area contributed by atoms with Crippen molar-refractivity contribution in [2.24, 2.45) is 0 Å². The van der Waals surface area contributed by atoms with Gasteiger partial charge in [0.2, 0.25) is 5.88 Å². The fourth-order valence-corrected chi connectivity index (χ4v) is 6.10. The summed E-state index contributed by atoms with van der Waals surface area (Å²) in [6.07, 6.45) is 1.30. The first-order valence-electron chi connectivity index (χ1n) is 12.4. The van der Waals surface area contributed by atoms with Crippen LogP contribution in [-0.2, 0) is 11.2 Å². The summed E-state index contributed by atoms with van der Waals surface area (Å²) in [4.78, 5) is 31.7. The topological polar surface area (TPSA) is 108 Å². The van der Waals surface area contributed by atoms with Gasteiger partial charge in [-0.3, -0.25) is 14.5 Å². The molecule has 0 bridgehead atoms. The molecule has 1 unspecified atom stereocenters. The van der Waals surface area contributed by atoms with Crippen LogP contribution in [0.1, 0.15) is 58.7 Å². The van der Waals surface area contributed by atoms with Crippen molar-refractivity contribution >= 4 is 29.2 Å². The molecule has 2 aromatic heterocycles. The number of hydrogen-bond donors (Lipinski definition) is 1. The highest BCUT2D eigenvalue weighted by atomic mass is 35.5. The van der Waals surface area contributed by atoms with Crippen LogP contribution >= 0.6 is 11.6 Å². The number of nitriles is 1. The summed E-state index contributed by atoms with van der Waals surface area (Å²) in [5, 5.41) is 19.5. The lowest BCUT2D eigenvalue weighted by molar-refractivity contribution is -0.136.